The van der Waals surface area contributed by atoms with Crippen molar-refractivity contribution in [3.05, 3.63) is 84.2 Å². The van der Waals surface area contributed by atoms with Gasteiger partial charge in [-0.15, -0.1) is 0 Å². The van der Waals surface area contributed by atoms with Crippen molar-refractivity contribution in [2.24, 2.45) is 5.92 Å². The number of carbonyl (C=O) groups is 3. The maximum atomic E-state index is 13.6. The fourth-order valence-electron chi connectivity index (χ4n) is 5.01. The van der Waals surface area contributed by atoms with Gasteiger partial charge in [-0.3, -0.25) is 19.5 Å². The van der Waals surface area contributed by atoms with Gasteiger partial charge >= 0.3 is 12.0 Å². The van der Waals surface area contributed by atoms with Crippen LogP contribution in [0.4, 0.5) is 10.5 Å². The molecule has 2 unspecified atom stereocenters. The number of piperidine rings is 1. The van der Waals surface area contributed by atoms with E-state index in [-0.39, 0.29) is 13.0 Å². The number of imide groups is 1. The van der Waals surface area contributed by atoms with Gasteiger partial charge in [0.05, 0.1) is 11.4 Å². The molecular weight excluding hydrogens is 444 g/mol. The molecule has 3 heterocycles. The molecule has 2 N–H and O–H groups in total. The first-order valence-electron chi connectivity index (χ1n) is 11.6. The van der Waals surface area contributed by atoms with E-state index < -0.39 is 29.4 Å². The molecule has 178 valence electrons. The average Bonchev–Trinajstić information content (AvgIpc) is 3.11. The Hall–Kier alpha value is -4.04. The number of hydrogen-bond donors (Lipinski definition) is 2. The first-order chi connectivity index (χ1) is 16.9. The van der Waals surface area contributed by atoms with E-state index in [2.05, 4.69) is 10.3 Å². The van der Waals surface area contributed by atoms with Gasteiger partial charge in [0.25, 0.3) is 5.91 Å². The molecule has 0 bridgehead atoms. The lowest BCUT2D eigenvalue weighted by Gasteiger charge is -2.41. The summed E-state index contributed by atoms with van der Waals surface area (Å²) in [6, 6.07) is 20.1. The van der Waals surface area contributed by atoms with E-state index in [1.807, 2.05) is 66.4 Å². The van der Waals surface area contributed by atoms with Gasteiger partial charge in [-0.05, 0) is 48.2 Å². The fourth-order valence-corrected chi connectivity index (χ4v) is 5.01. The lowest BCUT2D eigenvalue weighted by molar-refractivity contribution is -0.151. The molecule has 2 aliphatic rings. The first kappa shape index (κ1) is 22.7. The summed E-state index contributed by atoms with van der Waals surface area (Å²) in [4.78, 5) is 46.4. The summed E-state index contributed by atoms with van der Waals surface area (Å²) < 4.78 is 0. The number of urea groups is 1. The quantitative estimate of drug-likeness (QED) is 0.554. The van der Waals surface area contributed by atoms with Gasteiger partial charge in [0.15, 0.2) is 0 Å². The number of pyridine rings is 1. The van der Waals surface area contributed by atoms with Gasteiger partial charge in [0.2, 0.25) is 0 Å². The number of amides is 3. The summed E-state index contributed by atoms with van der Waals surface area (Å²) in [7, 11) is 0. The van der Waals surface area contributed by atoms with Crippen molar-refractivity contribution in [2.45, 2.75) is 25.4 Å². The molecule has 0 saturated carbocycles. The molecule has 35 heavy (non-hydrogen) atoms. The van der Waals surface area contributed by atoms with E-state index in [9.17, 15) is 19.5 Å². The Morgan fingerprint density at radius 3 is 2.46 bits per heavy atom. The molecule has 1 aromatic heterocycles. The molecule has 0 radical (unpaired) electrons. The molecule has 3 amide bonds. The monoisotopic (exact) mass is 470 g/mol. The Morgan fingerprint density at radius 2 is 1.77 bits per heavy atom. The van der Waals surface area contributed by atoms with E-state index >= 15 is 0 Å². The zero-order valence-corrected chi connectivity index (χ0v) is 19.3. The summed E-state index contributed by atoms with van der Waals surface area (Å²) in [5, 5.41) is 12.8. The number of anilines is 1. The highest BCUT2D eigenvalue weighted by atomic mass is 16.4. The van der Waals surface area contributed by atoms with E-state index in [1.165, 1.54) is 0 Å². The van der Waals surface area contributed by atoms with Gasteiger partial charge in [-0.1, -0.05) is 48.5 Å². The second kappa shape index (κ2) is 8.96. The normalized spacial score (nSPS) is 22.4. The third-order valence-electron chi connectivity index (χ3n) is 7.00. The topological polar surface area (TPSA) is 103 Å². The van der Waals surface area contributed by atoms with Crippen molar-refractivity contribution in [2.75, 3.05) is 18.0 Å². The highest BCUT2D eigenvalue weighted by Gasteiger charge is 2.60. The smallest absolute Gasteiger partial charge is 0.329 e. The number of hydrogen-bond acceptors (Lipinski definition) is 5. The average molecular weight is 471 g/mol. The maximum Gasteiger partial charge on any atom is 0.329 e. The molecule has 8 heteroatoms. The first-order valence-corrected chi connectivity index (χ1v) is 11.6. The molecular formula is C27H26N4O4. The molecule has 2 atom stereocenters. The van der Waals surface area contributed by atoms with Crippen LogP contribution in [0.5, 0.6) is 0 Å². The molecule has 3 aromatic rings. The highest BCUT2D eigenvalue weighted by Crippen LogP contribution is 2.37. The van der Waals surface area contributed by atoms with Gasteiger partial charge in [-0.2, -0.15) is 0 Å². The third kappa shape index (κ3) is 4.06. The Morgan fingerprint density at radius 1 is 1.06 bits per heavy atom. The summed E-state index contributed by atoms with van der Waals surface area (Å²) in [6.45, 7) is 3.05. The zero-order chi connectivity index (χ0) is 24.6. The van der Waals surface area contributed by atoms with Gasteiger partial charge in [0, 0.05) is 25.8 Å². The van der Waals surface area contributed by atoms with Crippen LogP contribution < -0.4 is 10.2 Å². The van der Waals surface area contributed by atoms with Crippen molar-refractivity contribution in [3.8, 4) is 11.1 Å². The Labute approximate surface area is 203 Å². The van der Waals surface area contributed by atoms with E-state index in [1.54, 1.807) is 18.3 Å². The van der Waals surface area contributed by atoms with Crippen molar-refractivity contribution < 1.29 is 19.5 Å². The summed E-state index contributed by atoms with van der Waals surface area (Å²) in [5.41, 5.74) is 2.81. The van der Waals surface area contributed by atoms with Gasteiger partial charge in [0.1, 0.15) is 11.5 Å². The Balaban J connectivity index is 1.38. The number of carboxylic acid groups (broad SMARTS) is 1. The van der Waals surface area contributed by atoms with Crippen LogP contribution in [0.2, 0.25) is 0 Å². The van der Waals surface area contributed by atoms with Crippen molar-refractivity contribution in [1.29, 1.82) is 0 Å². The van der Waals surface area contributed by atoms with Crippen molar-refractivity contribution in [3.63, 3.8) is 0 Å². The largest absolute Gasteiger partial charge is 0.481 e. The second-order valence-electron chi connectivity index (χ2n) is 9.10. The minimum Gasteiger partial charge on any atom is -0.481 e. The molecule has 5 rings (SSSR count). The molecule has 1 spiro atoms. The number of nitrogens with one attached hydrogen (secondary N) is 1. The van der Waals surface area contributed by atoms with Gasteiger partial charge in [-0.25, -0.2) is 9.69 Å². The van der Waals surface area contributed by atoms with E-state index in [4.69, 9.17) is 0 Å². The molecule has 2 saturated heterocycles. The molecule has 2 aliphatic heterocycles. The summed E-state index contributed by atoms with van der Waals surface area (Å²) >= 11 is 0. The Bertz CT molecular complexity index is 1280. The minimum atomic E-state index is -1.48. The van der Waals surface area contributed by atoms with Crippen molar-refractivity contribution in [1.82, 2.24) is 15.2 Å². The number of carbonyl (C=O) groups excluding carboxylic acids is 2. The summed E-state index contributed by atoms with van der Waals surface area (Å²) in [5.74, 6) is -2.70. The predicted octanol–water partition coefficient (Wildman–Crippen LogP) is 3.46. The van der Waals surface area contributed by atoms with Gasteiger partial charge < -0.3 is 10.4 Å². The van der Waals surface area contributed by atoms with Crippen LogP contribution in [0.15, 0.2) is 72.9 Å². The van der Waals surface area contributed by atoms with Crippen LogP contribution in [0.1, 0.15) is 17.7 Å². The number of aliphatic carboxylic acids is 1. The van der Waals surface area contributed by atoms with Crippen LogP contribution in [0.3, 0.4) is 0 Å². The van der Waals surface area contributed by atoms with Crippen LogP contribution in [-0.2, 0) is 16.1 Å². The number of aryl methyl sites for hydroxylation is 1. The van der Waals surface area contributed by atoms with E-state index in [0.717, 1.165) is 27.3 Å². The number of aromatic nitrogens is 1. The predicted molar refractivity (Wildman–Crippen MR) is 131 cm³/mol. The molecule has 0 aliphatic carbocycles. The number of benzene rings is 2. The lowest BCUT2D eigenvalue weighted by Crippen LogP contribution is -2.63. The molecule has 8 nitrogen and oxygen atoms in total. The zero-order valence-electron chi connectivity index (χ0n) is 19.3. The van der Waals surface area contributed by atoms with Crippen molar-refractivity contribution >= 4 is 23.6 Å². The molecule has 2 fully saturated rings. The lowest BCUT2D eigenvalue weighted by atomic mass is 9.77. The fraction of sp³-hybridized carbons (Fsp3) is 0.259. The third-order valence-corrected chi connectivity index (χ3v) is 7.00. The number of likely N-dealkylation sites (tertiary alicyclic amines) is 1. The van der Waals surface area contributed by atoms with E-state index in [0.29, 0.717) is 18.8 Å². The number of carboxylic acids is 1. The number of rotatable bonds is 5. The molecule has 2 aromatic carbocycles. The van der Waals surface area contributed by atoms with Crippen LogP contribution in [0, 0.1) is 12.8 Å². The van der Waals surface area contributed by atoms with Crippen LogP contribution in [0.25, 0.3) is 11.1 Å². The second-order valence-corrected chi connectivity index (χ2v) is 9.10. The minimum absolute atomic E-state index is 0.137. The highest BCUT2D eigenvalue weighted by molar-refractivity contribution is 6.24. The number of nitrogens with zero attached hydrogens (tertiary/aromatic N) is 3. The van der Waals surface area contributed by atoms with Crippen LogP contribution in [-0.4, -0.2) is 51.5 Å². The maximum absolute atomic E-state index is 13.6. The SMILES string of the molecule is Cc1cccnc1CN1CCC2(NC(=O)N(c3ccc(-c4ccccc4)cc3)C2=O)C(C(=O)O)C1. The summed E-state index contributed by atoms with van der Waals surface area (Å²) in [6.07, 6.45) is 1.92. The van der Waals surface area contributed by atoms with Crippen LogP contribution >= 0.6 is 0 Å². The standard InChI is InChI=1S/C27H26N4O4/c1-18-6-5-14-28-23(18)17-30-15-13-27(22(16-30)24(32)33)25(34)31(26(35)29-27)21-11-9-20(10-12-21)19-7-3-2-4-8-19/h2-12,14,22H,13,15-17H2,1H3,(H,29,35)(H,32,33). The Kier molecular flexibility index (Phi) is 5.82.